The highest BCUT2D eigenvalue weighted by Crippen LogP contribution is 2.07. The molecule has 1 N–H and O–H groups in total. The summed E-state index contributed by atoms with van der Waals surface area (Å²) in [4.78, 5) is 11.6. The van der Waals surface area contributed by atoms with Crippen LogP contribution in [0.2, 0.25) is 0 Å². The molecule has 2 aromatic rings. The fourth-order valence-corrected chi connectivity index (χ4v) is 1.64. The second-order valence-electron chi connectivity index (χ2n) is 4.05. The number of nitrogens with zero attached hydrogens (tertiary/aromatic N) is 2. The molecule has 94 valence electrons. The van der Waals surface area contributed by atoms with Crippen LogP contribution in [0.25, 0.3) is 0 Å². The van der Waals surface area contributed by atoms with E-state index in [4.69, 9.17) is 0 Å². The van der Waals surface area contributed by atoms with Crippen molar-refractivity contribution in [1.82, 2.24) is 9.78 Å². The molecule has 0 unspecified atom stereocenters. The van der Waals surface area contributed by atoms with Gasteiger partial charge in [-0.2, -0.15) is 5.10 Å². The van der Waals surface area contributed by atoms with Crippen molar-refractivity contribution in [3.63, 3.8) is 0 Å². The van der Waals surface area contributed by atoms with Gasteiger partial charge in [0.15, 0.2) is 5.82 Å². The molecule has 0 fully saturated rings. The third-order valence-electron chi connectivity index (χ3n) is 2.51. The van der Waals surface area contributed by atoms with Crippen LogP contribution in [0.5, 0.6) is 0 Å². The Morgan fingerprint density at radius 1 is 1.44 bits per heavy atom. The van der Waals surface area contributed by atoms with Gasteiger partial charge in [0, 0.05) is 25.7 Å². The molecule has 0 spiro atoms. The van der Waals surface area contributed by atoms with E-state index >= 15 is 0 Å². The number of carbonyl (C=O) groups excluding carboxylic acids is 1. The van der Waals surface area contributed by atoms with Crippen molar-refractivity contribution in [2.75, 3.05) is 5.32 Å². The zero-order valence-corrected chi connectivity index (χ0v) is 10.1. The van der Waals surface area contributed by atoms with E-state index in [1.165, 1.54) is 12.1 Å². The summed E-state index contributed by atoms with van der Waals surface area (Å²) in [5.41, 5.74) is 0.811. The molecular formula is C13H14FN3O. The second-order valence-corrected chi connectivity index (χ2v) is 4.05. The largest absolute Gasteiger partial charge is 0.309 e. The van der Waals surface area contributed by atoms with Gasteiger partial charge in [-0.25, -0.2) is 4.39 Å². The number of hydrogen-bond acceptors (Lipinski definition) is 2. The number of anilines is 1. The number of hydrogen-bond donors (Lipinski definition) is 1. The van der Waals surface area contributed by atoms with E-state index in [-0.39, 0.29) is 11.7 Å². The third-order valence-corrected chi connectivity index (χ3v) is 2.51. The molecule has 2 rings (SSSR count). The van der Waals surface area contributed by atoms with E-state index in [1.807, 2.05) is 0 Å². The van der Waals surface area contributed by atoms with Gasteiger partial charge in [-0.1, -0.05) is 12.1 Å². The van der Waals surface area contributed by atoms with Gasteiger partial charge in [0.25, 0.3) is 0 Å². The first-order valence-corrected chi connectivity index (χ1v) is 5.67. The summed E-state index contributed by atoms with van der Waals surface area (Å²) in [5.74, 6) is 0.123. The number of aryl methyl sites for hydroxylation is 2. The van der Waals surface area contributed by atoms with Crippen LogP contribution in [0.3, 0.4) is 0 Å². The highest BCUT2D eigenvalue weighted by Gasteiger charge is 2.05. The highest BCUT2D eigenvalue weighted by molar-refractivity contribution is 5.89. The van der Waals surface area contributed by atoms with Crippen molar-refractivity contribution in [2.45, 2.75) is 12.8 Å². The minimum atomic E-state index is -0.280. The van der Waals surface area contributed by atoms with Gasteiger partial charge < -0.3 is 5.32 Å². The number of benzene rings is 1. The van der Waals surface area contributed by atoms with E-state index in [1.54, 1.807) is 36.1 Å². The van der Waals surface area contributed by atoms with Gasteiger partial charge in [0.2, 0.25) is 5.91 Å². The van der Waals surface area contributed by atoms with E-state index in [0.717, 1.165) is 5.56 Å². The average molecular weight is 247 g/mol. The Morgan fingerprint density at radius 2 is 2.28 bits per heavy atom. The van der Waals surface area contributed by atoms with Gasteiger partial charge in [0.1, 0.15) is 5.82 Å². The molecule has 5 heteroatoms. The lowest BCUT2D eigenvalue weighted by atomic mass is 10.1. The molecular weight excluding hydrogens is 233 g/mol. The van der Waals surface area contributed by atoms with Crippen LogP contribution in [-0.2, 0) is 18.3 Å². The smallest absolute Gasteiger partial charge is 0.225 e. The van der Waals surface area contributed by atoms with E-state index in [0.29, 0.717) is 18.7 Å². The normalized spacial score (nSPS) is 10.3. The fourth-order valence-electron chi connectivity index (χ4n) is 1.64. The zero-order valence-electron chi connectivity index (χ0n) is 10.1. The van der Waals surface area contributed by atoms with Gasteiger partial charge in [-0.05, 0) is 24.1 Å². The molecule has 4 nitrogen and oxygen atoms in total. The number of halogens is 1. The lowest BCUT2D eigenvalue weighted by Crippen LogP contribution is -2.13. The second kappa shape index (κ2) is 5.44. The topological polar surface area (TPSA) is 46.9 Å². The van der Waals surface area contributed by atoms with Crippen LogP contribution in [-0.4, -0.2) is 15.7 Å². The van der Waals surface area contributed by atoms with Crippen LogP contribution in [0.15, 0.2) is 36.5 Å². The summed E-state index contributed by atoms with van der Waals surface area (Å²) in [5, 5.41) is 6.73. The summed E-state index contributed by atoms with van der Waals surface area (Å²) in [6.07, 6.45) is 2.57. The maximum atomic E-state index is 12.9. The maximum absolute atomic E-state index is 12.9. The molecule has 0 atom stereocenters. The van der Waals surface area contributed by atoms with Crippen molar-refractivity contribution in [1.29, 1.82) is 0 Å². The Labute approximate surface area is 104 Å². The molecule has 1 aromatic carbocycles. The van der Waals surface area contributed by atoms with Crippen LogP contribution in [0.1, 0.15) is 12.0 Å². The monoisotopic (exact) mass is 247 g/mol. The molecule has 0 aliphatic carbocycles. The first-order valence-electron chi connectivity index (χ1n) is 5.67. The zero-order chi connectivity index (χ0) is 13.0. The van der Waals surface area contributed by atoms with E-state index in [9.17, 15) is 9.18 Å². The molecule has 1 heterocycles. The highest BCUT2D eigenvalue weighted by atomic mass is 19.1. The Hall–Kier alpha value is -2.17. The summed E-state index contributed by atoms with van der Waals surface area (Å²) in [7, 11) is 1.78. The lowest BCUT2D eigenvalue weighted by Gasteiger charge is -2.02. The standard InChI is InChI=1S/C13H14FN3O/c1-17-8-7-12(16-17)15-13(18)6-5-10-3-2-4-11(14)9-10/h2-4,7-9H,5-6H2,1H3,(H,15,16,18). The van der Waals surface area contributed by atoms with Crippen molar-refractivity contribution in [3.8, 4) is 0 Å². The number of rotatable bonds is 4. The van der Waals surface area contributed by atoms with Crippen molar-refractivity contribution < 1.29 is 9.18 Å². The summed E-state index contributed by atoms with van der Waals surface area (Å²) >= 11 is 0. The SMILES string of the molecule is Cn1ccc(NC(=O)CCc2cccc(F)c2)n1. The van der Waals surface area contributed by atoms with Crippen molar-refractivity contribution in [2.24, 2.45) is 7.05 Å². The van der Waals surface area contributed by atoms with Gasteiger partial charge >= 0.3 is 0 Å². The summed E-state index contributed by atoms with van der Waals surface area (Å²) in [6, 6.07) is 7.99. The summed E-state index contributed by atoms with van der Waals surface area (Å²) in [6.45, 7) is 0. The van der Waals surface area contributed by atoms with E-state index < -0.39 is 0 Å². The molecule has 0 saturated carbocycles. The molecule has 0 aliphatic heterocycles. The molecule has 0 aliphatic rings. The first-order chi connectivity index (χ1) is 8.63. The number of amides is 1. The average Bonchev–Trinajstić information content (AvgIpc) is 2.72. The Kier molecular flexibility index (Phi) is 3.72. The maximum Gasteiger partial charge on any atom is 0.225 e. The van der Waals surface area contributed by atoms with Crippen LogP contribution >= 0.6 is 0 Å². The molecule has 0 saturated heterocycles. The predicted molar refractivity (Wildman–Crippen MR) is 66.6 cm³/mol. The molecule has 1 aromatic heterocycles. The minimum Gasteiger partial charge on any atom is -0.309 e. The minimum absolute atomic E-state index is 0.127. The van der Waals surface area contributed by atoms with Gasteiger partial charge in [-0.3, -0.25) is 9.48 Å². The number of carbonyl (C=O) groups is 1. The van der Waals surface area contributed by atoms with Crippen molar-refractivity contribution in [3.05, 3.63) is 47.9 Å². The van der Waals surface area contributed by atoms with Crippen LogP contribution in [0, 0.1) is 5.82 Å². The summed E-state index contributed by atoms with van der Waals surface area (Å²) < 4.78 is 14.5. The Bertz CT molecular complexity index is 551. The molecule has 1 amide bonds. The van der Waals surface area contributed by atoms with E-state index in [2.05, 4.69) is 10.4 Å². The molecule has 0 radical (unpaired) electrons. The molecule has 0 bridgehead atoms. The van der Waals surface area contributed by atoms with Crippen molar-refractivity contribution >= 4 is 11.7 Å². The van der Waals surface area contributed by atoms with Crippen LogP contribution < -0.4 is 5.32 Å². The predicted octanol–water partition coefficient (Wildman–Crippen LogP) is 2.13. The number of aromatic nitrogens is 2. The molecule has 18 heavy (non-hydrogen) atoms. The Balaban J connectivity index is 1.85. The van der Waals surface area contributed by atoms with Crippen LogP contribution in [0.4, 0.5) is 10.2 Å². The fraction of sp³-hybridized carbons (Fsp3) is 0.231. The third kappa shape index (κ3) is 3.41. The van der Waals surface area contributed by atoms with Gasteiger partial charge in [-0.15, -0.1) is 0 Å². The van der Waals surface area contributed by atoms with Gasteiger partial charge in [0.05, 0.1) is 0 Å². The lowest BCUT2D eigenvalue weighted by molar-refractivity contribution is -0.116. The quantitative estimate of drug-likeness (QED) is 0.899. The first kappa shape index (κ1) is 12.3. The Morgan fingerprint density at radius 3 is 2.94 bits per heavy atom. The number of nitrogens with one attached hydrogen (secondary N) is 1.